The predicted molar refractivity (Wildman–Crippen MR) is 80.2 cm³/mol. The number of ether oxygens (including phenoxy) is 1. The summed E-state index contributed by atoms with van der Waals surface area (Å²) in [6, 6.07) is 8.65. The Morgan fingerprint density at radius 3 is 2.40 bits per heavy atom. The van der Waals surface area contributed by atoms with Gasteiger partial charge in [-0.05, 0) is 23.8 Å². The zero-order chi connectivity index (χ0) is 14.9. The quantitative estimate of drug-likeness (QED) is 0.835. The summed E-state index contributed by atoms with van der Waals surface area (Å²) >= 11 is 4.35. The molecule has 0 saturated carbocycles. The number of halogens is 1. The summed E-state index contributed by atoms with van der Waals surface area (Å²) < 4.78 is 28.6. The minimum absolute atomic E-state index is 0.0204. The molecule has 0 radical (unpaired) electrons. The fourth-order valence-corrected chi connectivity index (χ4v) is 3.99. The smallest absolute Gasteiger partial charge is 0.349 e. The molecule has 1 aromatic heterocycles. The number of hydrogen-bond acceptors (Lipinski definition) is 5. The molecule has 20 heavy (non-hydrogen) atoms. The molecular formula is C12H10BrNO4S2. The highest BCUT2D eigenvalue weighted by Crippen LogP contribution is 2.34. The molecule has 1 heterocycles. The lowest BCUT2D eigenvalue weighted by Gasteiger charge is -1.98. The average Bonchev–Trinajstić information content (AvgIpc) is 2.83. The van der Waals surface area contributed by atoms with Crippen molar-refractivity contribution in [1.29, 1.82) is 0 Å². The molecule has 2 N–H and O–H groups in total. The van der Waals surface area contributed by atoms with Gasteiger partial charge in [-0.3, -0.25) is 0 Å². The van der Waals surface area contributed by atoms with Gasteiger partial charge in [0.2, 0.25) is 10.0 Å². The lowest BCUT2D eigenvalue weighted by Crippen LogP contribution is -2.15. The summed E-state index contributed by atoms with van der Waals surface area (Å²) in [7, 11) is -2.79. The fourth-order valence-electron chi connectivity index (χ4n) is 1.58. The van der Waals surface area contributed by atoms with Crippen molar-refractivity contribution in [3.63, 3.8) is 0 Å². The van der Waals surface area contributed by atoms with Crippen LogP contribution in [-0.2, 0) is 14.8 Å². The van der Waals surface area contributed by atoms with Crippen LogP contribution in [0.4, 0.5) is 0 Å². The second kappa shape index (κ2) is 5.65. The van der Waals surface area contributed by atoms with Crippen molar-refractivity contribution in [2.75, 3.05) is 7.11 Å². The van der Waals surface area contributed by atoms with Crippen molar-refractivity contribution in [2.24, 2.45) is 5.14 Å². The van der Waals surface area contributed by atoms with E-state index in [1.54, 1.807) is 0 Å². The van der Waals surface area contributed by atoms with E-state index in [0.717, 1.165) is 21.4 Å². The summed E-state index contributed by atoms with van der Waals surface area (Å²) in [4.78, 5) is 12.0. The first-order valence-corrected chi connectivity index (χ1v) is 8.49. The normalized spacial score (nSPS) is 11.3. The Bertz CT molecular complexity index is 750. The van der Waals surface area contributed by atoms with Gasteiger partial charge in [0, 0.05) is 9.35 Å². The molecule has 0 fully saturated rings. The third-order valence-corrected chi connectivity index (χ3v) is 5.26. The SMILES string of the molecule is COC(=O)c1sc(-c2ccc(Br)cc2)cc1S(N)(=O)=O. The van der Waals surface area contributed by atoms with Crippen LogP contribution in [0.2, 0.25) is 0 Å². The van der Waals surface area contributed by atoms with Crippen molar-refractivity contribution < 1.29 is 17.9 Å². The molecule has 0 atom stereocenters. The number of rotatable bonds is 3. The summed E-state index contributed by atoms with van der Waals surface area (Å²) in [6.07, 6.45) is 0. The number of benzene rings is 1. The van der Waals surface area contributed by atoms with Gasteiger partial charge in [0.15, 0.2) is 0 Å². The fraction of sp³-hybridized carbons (Fsp3) is 0.0833. The zero-order valence-electron chi connectivity index (χ0n) is 10.3. The minimum atomic E-state index is -3.98. The van der Waals surface area contributed by atoms with Crippen molar-refractivity contribution >= 4 is 43.3 Å². The van der Waals surface area contributed by atoms with Gasteiger partial charge in [-0.25, -0.2) is 18.4 Å². The molecule has 2 aromatic rings. The van der Waals surface area contributed by atoms with Crippen molar-refractivity contribution in [1.82, 2.24) is 0 Å². The molecule has 0 amide bonds. The van der Waals surface area contributed by atoms with Crippen LogP contribution in [0.15, 0.2) is 39.7 Å². The van der Waals surface area contributed by atoms with Crippen LogP contribution in [-0.4, -0.2) is 21.5 Å². The zero-order valence-corrected chi connectivity index (χ0v) is 13.5. The monoisotopic (exact) mass is 375 g/mol. The van der Waals surface area contributed by atoms with Crippen LogP contribution >= 0.6 is 27.3 Å². The van der Waals surface area contributed by atoms with Crippen molar-refractivity contribution in [3.8, 4) is 10.4 Å². The van der Waals surface area contributed by atoms with E-state index >= 15 is 0 Å². The van der Waals surface area contributed by atoms with Gasteiger partial charge in [0.25, 0.3) is 0 Å². The molecule has 0 bridgehead atoms. The highest BCUT2D eigenvalue weighted by atomic mass is 79.9. The third-order valence-electron chi connectivity index (χ3n) is 2.50. The lowest BCUT2D eigenvalue weighted by molar-refractivity contribution is 0.0602. The molecule has 0 aliphatic carbocycles. The second-order valence-electron chi connectivity index (χ2n) is 3.85. The molecule has 8 heteroatoms. The number of carbonyl (C=O) groups excluding carboxylic acids is 1. The van der Waals surface area contributed by atoms with E-state index in [1.165, 1.54) is 13.2 Å². The summed E-state index contributed by atoms with van der Waals surface area (Å²) in [5.41, 5.74) is 0.790. The number of hydrogen-bond donors (Lipinski definition) is 1. The van der Waals surface area contributed by atoms with Crippen LogP contribution in [0.25, 0.3) is 10.4 Å². The first kappa shape index (κ1) is 15.2. The van der Waals surface area contributed by atoms with E-state index in [4.69, 9.17) is 5.14 Å². The van der Waals surface area contributed by atoms with E-state index < -0.39 is 16.0 Å². The van der Waals surface area contributed by atoms with Gasteiger partial charge in [-0.2, -0.15) is 0 Å². The standard InChI is InChI=1S/C12H10BrNO4S2/c1-18-12(15)11-10(20(14,16)17)6-9(19-11)7-2-4-8(13)5-3-7/h2-6H,1H3,(H2,14,16,17). The van der Waals surface area contributed by atoms with Gasteiger partial charge in [0.1, 0.15) is 9.77 Å². The third kappa shape index (κ3) is 3.09. The maximum atomic E-state index is 11.6. The van der Waals surface area contributed by atoms with Crippen LogP contribution < -0.4 is 5.14 Å². The highest BCUT2D eigenvalue weighted by Gasteiger charge is 2.24. The average molecular weight is 376 g/mol. The van der Waals surface area contributed by atoms with Gasteiger partial charge in [-0.15, -0.1) is 11.3 Å². The van der Waals surface area contributed by atoms with Crippen LogP contribution in [0.5, 0.6) is 0 Å². The molecule has 2 rings (SSSR count). The first-order chi connectivity index (χ1) is 9.32. The molecule has 0 spiro atoms. The Morgan fingerprint density at radius 1 is 1.30 bits per heavy atom. The van der Waals surface area contributed by atoms with Gasteiger partial charge in [-0.1, -0.05) is 28.1 Å². The van der Waals surface area contributed by atoms with E-state index in [2.05, 4.69) is 20.7 Å². The Kier molecular flexibility index (Phi) is 4.28. The van der Waals surface area contributed by atoms with Gasteiger partial charge < -0.3 is 4.74 Å². The largest absolute Gasteiger partial charge is 0.465 e. The number of methoxy groups -OCH3 is 1. The molecule has 0 saturated heterocycles. The van der Waals surface area contributed by atoms with Gasteiger partial charge in [0.05, 0.1) is 7.11 Å². The van der Waals surface area contributed by atoms with Crippen LogP contribution in [0, 0.1) is 0 Å². The molecule has 106 valence electrons. The van der Waals surface area contributed by atoms with E-state index in [-0.39, 0.29) is 9.77 Å². The Balaban J connectivity index is 2.60. The first-order valence-electron chi connectivity index (χ1n) is 5.34. The van der Waals surface area contributed by atoms with Crippen molar-refractivity contribution in [2.45, 2.75) is 4.90 Å². The number of sulfonamides is 1. The Hall–Kier alpha value is -1.22. The number of esters is 1. The summed E-state index contributed by atoms with van der Waals surface area (Å²) in [6.45, 7) is 0. The molecule has 5 nitrogen and oxygen atoms in total. The van der Waals surface area contributed by atoms with Gasteiger partial charge >= 0.3 is 5.97 Å². The van der Waals surface area contributed by atoms with Crippen LogP contribution in [0.1, 0.15) is 9.67 Å². The minimum Gasteiger partial charge on any atom is -0.465 e. The Labute approximate surface area is 128 Å². The maximum Gasteiger partial charge on any atom is 0.349 e. The highest BCUT2D eigenvalue weighted by molar-refractivity contribution is 9.10. The summed E-state index contributed by atoms with van der Waals surface area (Å²) in [5.74, 6) is -0.720. The van der Waals surface area contributed by atoms with Crippen molar-refractivity contribution in [3.05, 3.63) is 39.7 Å². The Morgan fingerprint density at radius 2 is 1.90 bits per heavy atom. The molecule has 0 unspecified atom stereocenters. The predicted octanol–water partition coefficient (Wildman–Crippen LogP) is 2.61. The van der Waals surface area contributed by atoms with E-state index in [0.29, 0.717) is 4.88 Å². The van der Waals surface area contributed by atoms with Crippen LogP contribution in [0.3, 0.4) is 0 Å². The lowest BCUT2D eigenvalue weighted by atomic mass is 10.2. The number of carbonyl (C=O) groups is 1. The number of thiophene rings is 1. The number of primary sulfonamides is 1. The second-order valence-corrected chi connectivity index (χ2v) is 7.35. The molecule has 0 aliphatic rings. The van der Waals surface area contributed by atoms with E-state index in [1.807, 2.05) is 24.3 Å². The molecular weight excluding hydrogens is 366 g/mol. The maximum absolute atomic E-state index is 11.6. The molecule has 0 aliphatic heterocycles. The van der Waals surface area contributed by atoms with E-state index in [9.17, 15) is 13.2 Å². The molecule has 1 aromatic carbocycles. The summed E-state index contributed by atoms with van der Waals surface area (Å²) in [5, 5.41) is 5.13. The topological polar surface area (TPSA) is 86.5 Å². The number of nitrogens with two attached hydrogens (primary N) is 1.